The van der Waals surface area contributed by atoms with Gasteiger partial charge in [-0.25, -0.2) is 4.98 Å². The highest BCUT2D eigenvalue weighted by Crippen LogP contribution is 2.22. The van der Waals surface area contributed by atoms with Gasteiger partial charge in [-0.15, -0.1) is 0 Å². The lowest BCUT2D eigenvalue weighted by Crippen LogP contribution is -2.44. The van der Waals surface area contributed by atoms with Crippen molar-refractivity contribution in [1.29, 1.82) is 0 Å². The van der Waals surface area contributed by atoms with Crippen molar-refractivity contribution in [3.8, 4) is 0 Å². The van der Waals surface area contributed by atoms with E-state index in [0.29, 0.717) is 30.7 Å². The molecule has 2 atom stereocenters. The average Bonchev–Trinajstić information content (AvgIpc) is 2.57. The summed E-state index contributed by atoms with van der Waals surface area (Å²) in [6.07, 6.45) is 4.34. The van der Waals surface area contributed by atoms with E-state index in [-0.39, 0.29) is 12.1 Å². The Morgan fingerprint density at radius 3 is 2.95 bits per heavy atom. The predicted molar refractivity (Wildman–Crippen MR) is 84.9 cm³/mol. The zero-order valence-electron chi connectivity index (χ0n) is 12.1. The van der Waals surface area contributed by atoms with Crippen LogP contribution in [0.1, 0.15) is 12.1 Å². The molecule has 22 heavy (non-hydrogen) atoms. The normalized spacial score (nSPS) is 21.5. The molecule has 0 spiro atoms. The summed E-state index contributed by atoms with van der Waals surface area (Å²) < 4.78 is 11.6. The molecule has 5 nitrogen and oxygen atoms in total. The van der Waals surface area contributed by atoms with Crippen LogP contribution in [0.5, 0.6) is 0 Å². The molecule has 1 N–H and O–H groups in total. The second-order valence-corrected chi connectivity index (χ2v) is 5.53. The van der Waals surface area contributed by atoms with Gasteiger partial charge in [0.2, 0.25) is 0 Å². The lowest BCUT2D eigenvalue weighted by atomic mass is 10.1. The van der Waals surface area contributed by atoms with Gasteiger partial charge in [-0.1, -0.05) is 17.7 Å². The SMILES string of the molecule is Clc1cccnc1N[C@@H]1COCC[C@H]1OCc1ccccn1. The van der Waals surface area contributed by atoms with Crippen LogP contribution in [0.2, 0.25) is 5.02 Å². The molecule has 0 aliphatic carbocycles. The van der Waals surface area contributed by atoms with E-state index in [1.54, 1.807) is 18.5 Å². The first-order valence-electron chi connectivity index (χ1n) is 7.29. The number of nitrogens with one attached hydrogen (secondary N) is 1. The maximum absolute atomic E-state index is 6.15. The van der Waals surface area contributed by atoms with Crippen LogP contribution in [0.3, 0.4) is 0 Å². The Balaban J connectivity index is 1.62. The molecular weight excluding hydrogens is 302 g/mol. The van der Waals surface area contributed by atoms with Gasteiger partial charge in [0, 0.05) is 19.0 Å². The van der Waals surface area contributed by atoms with Crippen LogP contribution < -0.4 is 5.32 Å². The molecule has 2 aromatic rings. The van der Waals surface area contributed by atoms with Gasteiger partial charge in [-0.3, -0.25) is 4.98 Å². The van der Waals surface area contributed by atoms with E-state index < -0.39 is 0 Å². The average molecular weight is 320 g/mol. The minimum Gasteiger partial charge on any atom is -0.379 e. The third kappa shape index (κ3) is 3.94. The number of ether oxygens (including phenoxy) is 2. The first kappa shape index (κ1) is 15.2. The Labute approximate surface area is 134 Å². The molecule has 0 saturated carbocycles. The second-order valence-electron chi connectivity index (χ2n) is 5.12. The maximum atomic E-state index is 6.15. The Morgan fingerprint density at radius 2 is 2.14 bits per heavy atom. The first-order valence-corrected chi connectivity index (χ1v) is 7.67. The summed E-state index contributed by atoms with van der Waals surface area (Å²) in [7, 11) is 0. The quantitative estimate of drug-likeness (QED) is 0.918. The van der Waals surface area contributed by atoms with Gasteiger partial charge in [0.15, 0.2) is 0 Å². The fraction of sp³-hybridized carbons (Fsp3) is 0.375. The molecule has 2 aromatic heterocycles. The fourth-order valence-corrected chi connectivity index (χ4v) is 2.57. The number of halogens is 1. The molecule has 6 heteroatoms. The molecule has 0 unspecified atom stereocenters. The van der Waals surface area contributed by atoms with E-state index in [1.165, 1.54) is 0 Å². The number of hydrogen-bond acceptors (Lipinski definition) is 5. The van der Waals surface area contributed by atoms with Gasteiger partial charge in [-0.2, -0.15) is 0 Å². The summed E-state index contributed by atoms with van der Waals surface area (Å²) in [5.74, 6) is 0.658. The van der Waals surface area contributed by atoms with E-state index in [4.69, 9.17) is 21.1 Å². The van der Waals surface area contributed by atoms with Crippen LogP contribution >= 0.6 is 11.6 Å². The summed E-state index contributed by atoms with van der Waals surface area (Å²) in [5, 5.41) is 3.92. The Kier molecular flexibility index (Phi) is 5.21. The zero-order chi connectivity index (χ0) is 15.2. The van der Waals surface area contributed by atoms with Crippen molar-refractivity contribution in [3.63, 3.8) is 0 Å². The molecule has 0 bridgehead atoms. The number of nitrogens with zero attached hydrogens (tertiary/aromatic N) is 2. The van der Waals surface area contributed by atoms with E-state index in [0.717, 1.165) is 12.1 Å². The number of rotatable bonds is 5. The molecule has 3 heterocycles. The summed E-state index contributed by atoms with van der Waals surface area (Å²) in [6, 6.07) is 9.44. The zero-order valence-corrected chi connectivity index (χ0v) is 12.9. The summed E-state index contributed by atoms with van der Waals surface area (Å²) >= 11 is 6.15. The lowest BCUT2D eigenvalue weighted by Gasteiger charge is -2.32. The van der Waals surface area contributed by atoms with Crippen molar-refractivity contribution in [2.24, 2.45) is 0 Å². The van der Waals surface area contributed by atoms with Crippen molar-refractivity contribution in [1.82, 2.24) is 9.97 Å². The Bertz CT molecular complexity index is 597. The number of aromatic nitrogens is 2. The fourth-order valence-electron chi connectivity index (χ4n) is 2.40. The summed E-state index contributed by atoms with van der Waals surface area (Å²) in [5.41, 5.74) is 0.920. The minimum atomic E-state index is 0.0184. The monoisotopic (exact) mass is 319 g/mol. The largest absolute Gasteiger partial charge is 0.379 e. The summed E-state index contributed by atoms with van der Waals surface area (Å²) in [4.78, 5) is 8.53. The minimum absolute atomic E-state index is 0.0184. The molecule has 3 rings (SSSR count). The molecule has 0 radical (unpaired) electrons. The smallest absolute Gasteiger partial charge is 0.145 e. The molecule has 116 valence electrons. The van der Waals surface area contributed by atoms with Gasteiger partial charge >= 0.3 is 0 Å². The van der Waals surface area contributed by atoms with Crippen molar-refractivity contribution in [2.75, 3.05) is 18.5 Å². The second kappa shape index (κ2) is 7.54. The van der Waals surface area contributed by atoms with Crippen molar-refractivity contribution >= 4 is 17.4 Å². The van der Waals surface area contributed by atoms with E-state index >= 15 is 0 Å². The molecule has 0 aromatic carbocycles. The topological polar surface area (TPSA) is 56.3 Å². The van der Waals surface area contributed by atoms with Crippen LogP contribution in [-0.2, 0) is 16.1 Å². The standard InChI is InChI=1S/C16H18ClN3O2/c17-13-5-3-8-19-16(13)20-14-11-21-9-6-15(14)22-10-12-4-1-2-7-18-12/h1-5,7-8,14-15H,6,9-11H2,(H,19,20)/t14-,15-/m1/s1. The highest BCUT2D eigenvalue weighted by atomic mass is 35.5. The van der Waals surface area contributed by atoms with Gasteiger partial charge in [0.25, 0.3) is 0 Å². The molecular formula is C16H18ClN3O2. The predicted octanol–water partition coefficient (Wildman–Crippen LogP) is 2.92. The number of anilines is 1. The van der Waals surface area contributed by atoms with Gasteiger partial charge in [0.1, 0.15) is 5.82 Å². The molecule has 1 saturated heterocycles. The number of pyridine rings is 2. The number of hydrogen-bond donors (Lipinski definition) is 1. The van der Waals surface area contributed by atoms with Crippen LogP contribution in [0.25, 0.3) is 0 Å². The van der Waals surface area contributed by atoms with E-state index in [2.05, 4.69) is 15.3 Å². The molecule has 1 aliphatic rings. The van der Waals surface area contributed by atoms with E-state index in [9.17, 15) is 0 Å². The van der Waals surface area contributed by atoms with Crippen molar-refractivity contribution in [2.45, 2.75) is 25.2 Å². The van der Waals surface area contributed by atoms with Gasteiger partial charge in [-0.05, 0) is 30.7 Å². The van der Waals surface area contributed by atoms with Crippen LogP contribution in [0.4, 0.5) is 5.82 Å². The van der Waals surface area contributed by atoms with Crippen LogP contribution in [-0.4, -0.2) is 35.3 Å². The third-order valence-electron chi connectivity index (χ3n) is 3.54. The van der Waals surface area contributed by atoms with Gasteiger partial charge in [0.05, 0.1) is 36.1 Å². The summed E-state index contributed by atoms with van der Waals surface area (Å²) in [6.45, 7) is 1.75. The highest BCUT2D eigenvalue weighted by Gasteiger charge is 2.27. The van der Waals surface area contributed by atoms with Gasteiger partial charge < -0.3 is 14.8 Å². The molecule has 1 fully saturated rings. The third-order valence-corrected chi connectivity index (χ3v) is 3.85. The Hall–Kier alpha value is -1.69. The Morgan fingerprint density at radius 1 is 1.23 bits per heavy atom. The van der Waals surface area contributed by atoms with Crippen LogP contribution in [0.15, 0.2) is 42.7 Å². The molecule has 1 aliphatic heterocycles. The van der Waals surface area contributed by atoms with Crippen LogP contribution in [0, 0.1) is 0 Å². The van der Waals surface area contributed by atoms with Crippen molar-refractivity contribution < 1.29 is 9.47 Å². The highest BCUT2D eigenvalue weighted by molar-refractivity contribution is 6.32. The lowest BCUT2D eigenvalue weighted by molar-refractivity contribution is -0.0487. The maximum Gasteiger partial charge on any atom is 0.145 e. The first-order chi connectivity index (χ1) is 10.8. The van der Waals surface area contributed by atoms with E-state index in [1.807, 2.05) is 24.3 Å². The molecule has 0 amide bonds. The van der Waals surface area contributed by atoms with Crippen molar-refractivity contribution in [3.05, 3.63) is 53.4 Å².